The smallest absolute Gasteiger partial charge is 0.244 e. The van der Waals surface area contributed by atoms with Gasteiger partial charge in [0.25, 0.3) is 5.41 Å². The lowest BCUT2D eigenvalue weighted by Crippen LogP contribution is -2.64. The molecule has 2 aromatic rings. The van der Waals surface area contributed by atoms with E-state index in [1.807, 2.05) is 0 Å². The number of fused-ring (bicyclic) bond motifs is 1. The van der Waals surface area contributed by atoms with Crippen LogP contribution in [0.3, 0.4) is 0 Å². The number of halogens is 10. The number of rotatable bonds is 6. The summed E-state index contributed by atoms with van der Waals surface area (Å²) in [5, 5.41) is 0.508. The molecule has 0 spiro atoms. The second kappa shape index (κ2) is 9.21. The Labute approximate surface area is 234 Å². The molecule has 0 N–H and O–H groups in total. The van der Waals surface area contributed by atoms with Crippen molar-refractivity contribution in [2.24, 2.45) is 17.3 Å². The van der Waals surface area contributed by atoms with Crippen LogP contribution in [0.25, 0.3) is 10.8 Å². The molecule has 16 heteroatoms. The highest BCUT2D eigenvalue weighted by Crippen LogP contribution is 2.65. The Kier molecular flexibility index (Phi) is 6.87. The number of benzene rings is 2. The molecule has 4 nitrogen and oxygen atoms in total. The van der Waals surface area contributed by atoms with E-state index in [0.29, 0.717) is 11.8 Å². The first-order valence-corrected chi connectivity index (χ1v) is 16.1. The van der Waals surface area contributed by atoms with Crippen LogP contribution in [-0.4, -0.2) is 51.5 Å². The normalized spacial score (nSPS) is 29.7. The van der Waals surface area contributed by atoms with Gasteiger partial charge in [-0.3, -0.25) is 0 Å². The third-order valence-corrected chi connectivity index (χ3v) is 15.0. The predicted octanol–water partition coefficient (Wildman–Crippen LogP) is 7.40. The van der Waals surface area contributed by atoms with Gasteiger partial charge < -0.3 is 0 Å². The zero-order chi connectivity index (χ0) is 31.4. The molecule has 0 aliphatic heterocycles. The molecule has 0 aromatic heterocycles. The van der Waals surface area contributed by atoms with Crippen molar-refractivity contribution in [3.63, 3.8) is 0 Å². The van der Waals surface area contributed by atoms with Gasteiger partial charge in [-0.25, -0.2) is 21.2 Å². The summed E-state index contributed by atoms with van der Waals surface area (Å²) in [6.45, 7) is 0. The standard InChI is InChI=1S/C26H24F10O4S2/c27-21-9-15-7-16(10-21)12-22(11-15,13-21)42(39,40)20(19-6-5-17-3-1-2-4-18(17)8-19)41(37,38)14-23(24(28,29)30,25(31,32)33)26(34,35)36/h1-6,8,15-16,20H,7,9-14H2. The second-order valence-electron chi connectivity index (χ2n) is 12.0. The minimum atomic E-state index is -7.22. The van der Waals surface area contributed by atoms with Crippen molar-refractivity contribution in [1.82, 2.24) is 0 Å². The number of hydrogen-bond donors (Lipinski definition) is 0. The fraction of sp³-hybridized carbons (Fsp3) is 0.615. The van der Waals surface area contributed by atoms with Gasteiger partial charge in [-0.15, -0.1) is 0 Å². The van der Waals surface area contributed by atoms with Crippen molar-refractivity contribution in [2.45, 2.75) is 72.1 Å². The minimum absolute atomic E-state index is 0.0481. The van der Waals surface area contributed by atoms with Crippen molar-refractivity contribution in [3.8, 4) is 0 Å². The molecule has 2 aromatic carbocycles. The molecule has 4 bridgehead atoms. The predicted molar refractivity (Wildman–Crippen MR) is 131 cm³/mol. The van der Waals surface area contributed by atoms with Crippen LogP contribution in [0.5, 0.6) is 0 Å². The van der Waals surface area contributed by atoms with Crippen LogP contribution in [0, 0.1) is 17.3 Å². The van der Waals surface area contributed by atoms with E-state index in [9.17, 15) is 56.3 Å². The van der Waals surface area contributed by atoms with Gasteiger partial charge in [-0.2, -0.15) is 39.5 Å². The summed E-state index contributed by atoms with van der Waals surface area (Å²) in [4.78, 5) is 0. The van der Waals surface area contributed by atoms with Crippen LogP contribution in [0.1, 0.15) is 48.7 Å². The molecule has 3 unspecified atom stereocenters. The summed E-state index contributed by atoms with van der Waals surface area (Å²) in [5.74, 6) is -4.76. The summed E-state index contributed by atoms with van der Waals surface area (Å²) in [5.41, 5.74) is -9.68. The highest BCUT2D eigenvalue weighted by Gasteiger charge is 2.85. The summed E-state index contributed by atoms with van der Waals surface area (Å²) in [6, 6.07) is 8.70. The Bertz CT molecular complexity index is 1560. The summed E-state index contributed by atoms with van der Waals surface area (Å²) >= 11 is 0. The maximum absolute atomic E-state index is 15.7. The van der Waals surface area contributed by atoms with Gasteiger partial charge in [-0.05, 0) is 66.3 Å². The van der Waals surface area contributed by atoms with Crippen molar-refractivity contribution < 1.29 is 60.7 Å². The van der Waals surface area contributed by atoms with Crippen LogP contribution in [-0.2, 0) is 19.7 Å². The topological polar surface area (TPSA) is 68.3 Å². The minimum Gasteiger partial charge on any atom is -0.244 e. The Hall–Kier alpha value is -2.10. The molecular weight excluding hydrogens is 630 g/mol. The fourth-order valence-electron chi connectivity index (χ4n) is 7.67. The molecule has 234 valence electrons. The molecule has 4 aliphatic rings. The van der Waals surface area contributed by atoms with E-state index in [4.69, 9.17) is 0 Å². The van der Waals surface area contributed by atoms with E-state index in [-0.39, 0.29) is 31.1 Å². The molecule has 4 fully saturated rings. The van der Waals surface area contributed by atoms with Gasteiger partial charge >= 0.3 is 18.5 Å². The van der Waals surface area contributed by atoms with Crippen LogP contribution >= 0.6 is 0 Å². The first-order chi connectivity index (χ1) is 19.0. The molecular formula is C26H24F10O4S2. The Morgan fingerprint density at radius 1 is 0.738 bits per heavy atom. The van der Waals surface area contributed by atoms with E-state index in [1.54, 1.807) is 0 Å². The van der Waals surface area contributed by atoms with Crippen molar-refractivity contribution in [2.75, 3.05) is 5.75 Å². The van der Waals surface area contributed by atoms with Gasteiger partial charge in [0.05, 0.1) is 10.5 Å². The summed E-state index contributed by atoms with van der Waals surface area (Å²) in [6.07, 6.45) is -22.7. The third-order valence-electron chi connectivity index (χ3n) is 9.06. The monoisotopic (exact) mass is 654 g/mol. The zero-order valence-corrected chi connectivity index (χ0v) is 23.1. The van der Waals surface area contributed by atoms with Gasteiger partial charge in [0.2, 0.25) is 0 Å². The number of alkyl halides is 10. The maximum Gasteiger partial charge on any atom is 0.413 e. The lowest BCUT2D eigenvalue weighted by molar-refractivity contribution is -0.418. The largest absolute Gasteiger partial charge is 0.413 e. The SMILES string of the molecule is O=S(=O)(CC(C(F)(F)F)(C(F)(F)F)C(F)(F)F)C(c1ccc2ccccc2c1)S(=O)(=O)C12CC3CC(CC(F)(C3)C1)C2. The molecule has 0 amide bonds. The van der Waals surface area contributed by atoms with E-state index in [1.165, 1.54) is 24.3 Å². The van der Waals surface area contributed by atoms with Crippen LogP contribution in [0.4, 0.5) is 43.9 Å². The van der Waals surface area contributed by atoms with Crippen LogP contribution < -0.4 is 0 Å². The molecule has 4 saturated carbocycles. The Morgan fingerprint density at radius 2 is 1.24 bits per heavy atom. The van der Waals surface area contributed by atoms with E-state index in [0.717, 1.165) is 18.2 Å². The lowest BCUT2D eigenvalue weighted by atomic mass is 9.54. The Morgan fingerprint density at radius 3 is 1.71 bits per heavy atom. The quantitative estimate of drug-likeness (QED) is 0.305. The molecule has 42 heavy (non-hydrogen) atoms. The van der Waals surface area contributed by atoms with Crippen molar-refractivity contribution in [1.29, 1.82) is 0 Å². The van der Waals surface area contributed by atoms with Crippen LogP contribution in [0.15, 0.2) is 42.5 Å². The first kappa shape index (κ1) is 31.3. The summed E-state index contributed by atoms with van der Waals surface area (Å²) in [7, 11) is -12.0. The average Bonchev–Trinajstić information content (AvgIpc) is 2.78. The molecule has 4 aliphatic carbocycles. The van der Waals surface area contributed by atoms with E-state index in [2.05, 4.69) is 0 Å². The van der Waals surface area contributed by atoms with Gasteiger partial charge in [0.1, 0.15) is 5.67 Å². The first-order valence-electron chi connectivity index (χ1n) is 12.8. The van der Waals surface area contributed by atoms with Crippen LogP contribution in [0.2, 0.25) is 0 Å². The molecule has 0 saturated heterocycles. The van der Waals surface area contributed by atoms with Crippen molar-refractivity contribution in [3.05, 3.63) is 48.0 Å². The summed E-state index contributed by atoms with van der Waals surface area (Å²) < 4.78 is 191. The molecule has 3 atom stereocenters. The Balaban J connectivity index is 1.75. The number of sulfone groups is 2. The highest BCUT2D eigenvalue weighted by atomic mass is 32.3. The lowest BCUT2D eigenvalue weighted by Gasteiger charge is -2.58. The van der Waals surface area contributed by atoms with E-state index < -0.39 is 88.2 Å². The molecule has 0 heterocycles. The number of hydrogen-bond acceptors (Lipinski definition) is 4. The highest BCUT2D eigenvalue weighted by molar-refractivity contribution is 8.09. The third kappa shape index (κ3) is 4.60. The van der Waals surface area contributed by atoms with Crippen molar-refractivity contribution >= 4 is 30.4 Å². The fourth-order valence-corrected chi connectivity index (χ4v) is 14.2. The van der Waals surface area contributed by atoms with Gasteiger partial charge in [0, 0.05) is 6.42 Å². The second-order valence-corrected chi connectivity index (χ2v) is 16.8. The van der Waals surface area contributed by atoms with E-state index >= 15 is 4.39 Å². The average molecular weight is 655 g/mol. The maximum atomic E-state index is 15.7. The molecule has 6 rings (SSSR count). The van der Waals surface area contributed by atoms with Gasteiger partial charge in [0.15, 0.2) is 24.3 Å². The van der Waals surface area contributed by atoms with Gasteiger partial charge in [-0.1, -0.05) is 36.4 Å². The molecule has 0 radical (unpaired) electrons. The zero-order valence-electron chi connectivity index (χ0n) is 21.5.